The van der Waals surface area contributed by atoms with Gasteiger partial charge in [0, 0.05) is 17.1 Å². The van der Waals surface area contributed by atoms with Crippen molar-refractivity contribution in [2.24, 2.45) is 5.73 Å². The van der Waals surface area contributed by atoms with Gasteiger partial charge in [-0.05, 0) is 17.7 Å². The van der Waals surface area contributed by atoms with Crippen molar-refractivity contribution in [1.29, 1.82) is 0 Å². The molecule has 20 heavy (non-hydrogen) atoms. The maximum absolute atomic E-state index is 10.3. The number of benzene rings is 1. The highest BCUT2D eigenvalue weighted by Crippen LogP contribution is 2.09. The number of aldehydes is 1. The van der Waals surface area contributed by atoms with E-state index in [9.17, 15) is 9.18 Å². The molecule has 3 nitrogen and oxygen atoms in total. The Labute approximate surface area is 125 Å². The molecular weight excluding hydrogens is 279 g/mol. The van der Waals surface area contributed by atoms with E-state index in [-0.39, 0.29) is 13.6 Å². The Morgan fingerprint density at radius 1 is 1.45 bits per heavy atom. The van der Waals surface area contributed by atoms with Crippen LogP contribution in [0.4, 0.5) is 4.39 Å². The van der Waals surface area contributed by atoms with Crippen LogP contribution in [0.25, 0.3) is 0 Å². The van der Waals surface area contributed by atoms with Gasteiger partial charge < -0.3 is 5.73 Å². The van der Waals surface area contributed by atoms with Gasteiger partial charge in [-0.3, -0.25) is 14.5 Å². The summed E-state index contributed by atoms with van der Waals surface area (Å²) in [4.78, 5) is 10.3. The van der Waals surface area contributed by atoms with Gasteiger partial charge in [0.15, 0.2) is 0 Å². The molecule has 0 saturated heterocycles. The first kappa shape index (κ1) is 20.8. The summed E-state index contributed by atoms with van der Waals surface area (Å²) >= 11 is 5.78. The van der Waals surface area contributed by atoms with Gasteiger partial charge in [-0.15, -0.1) is 0 Å². The van der Waals surface area contributed by atoms with E-state index < -0.39 is 0 Å². The smallest absolute Gasteiger partial charge is 0.149 e. The summed E-state index contributed by atoms with van der Waals surface area (Å²) in [6.07, 6.45) is 3.64. The number of nitrogens with one attached hydrogen (secondary N) is 1. The molecule has 0 fully saturated rings. The molecule has 0 aliphatic rings. The van der Waals surface area contributed by atoms with Crippen molar-refractivity contribution in [1.82, 2.24) is 5.32 Å². The second-order valence-corrected chi connectivity index (χ2v) is 4.02. The van der Waals surface area contributed by atoms with Crippen molar-refractivity contribution in [2.45, 2.75) is 20.1 Å². The Kier molecular flexibility index (Phi) is 13.1. The first-order valence-corrected chi connectivity index (χ1v) is 5.93. The zero-order valence-corrected chi connectivity index (χ0v) is 11.5. The highest BCUT2D eigenvalue weighted by molar-refractivity contribution is 6.30. The first-order chi connectivity index (χ1) is 9.11. The van der Waals surface area contributed by atoms with Gasteiger partial charge in [-0.25, -0.2) is 0 Å². The fraction of sp³-hybridized carbons (Fsp3) is 0.267. The van der Waals surface area contributed by atoms with Gasteiger partial charge in [0.25, 0.3) is 0 Å². The molecule has 0 aliphatic heterocycles. The fourth-order valence-electron chi connectivity index (χ4n) is 1.17. The van der Waals surface area contributed by atoms with Crippen molar-refractivity contribution in [2.75, 3.05) is 7.18 Å². The van der Waals surface area contributed by atoms with Crippen LogP contribution in [0, 0.1) is 0 Å². The highest BCUT2D eigenvalue weighted by Gasteiger charge is 1.97. The monoisotopic (exact) mass is 300 g/mol. The number of nitrogens with two attached hydrogens (primary N) is 1. The van der Waals surface area contributed by atoms with Crippen molar-refractivity contribution in [3.05, 3.63) is 59.2 Å². The molecule has 0 heterocycles. The molecule has 1 rings (SSSR count). The lowest BCUT2D eigenvalue weighted by Crippen LogP contribution is -2.34. The number of alkyl halides is 1. The van der Waals surface area contributed by atoms with E-state index in [2.05, 4.69) is 11.9 Å². The van der Waals surface area contributed by atoms with Crippen LogP contribution >= 0.6 is 11.6 Å². The van der Waals surface area contributed by atoms with Crippen molar-refractivity contribution < 1.29 is 9.18 Å². The van der Waals surface area contributed by atoms with Crippen LogP contribution < -0.4 is 11.1 Å². The highest BCUT2D eigenvalue weighted by atomic mass is 35.5. The van der Waals surface area contributed by atoms with E-state index in [1.165, 1.54) is 0 Å². The van der Waals surface area contributed by atoms with E-state index in [0.29, 0.717) is 30.6 Å². The van der Waals surface area contributed by atoms with Gasteiger partial charge in [-0.1, -0.05) is 49.9 Å². The summed E-state index contributed by atoms with van der Waals surface area (Å²) in [6, 6.07) is 7.51. The molecule has 1 aromatic rings. The summed E-state index contributed by atoms with van der Waals surface area (Å²) in [6.45, 7) is 4.16. The maximum Gasteiger partial charge on any atom is 0.149 e. The number of hydrogen-bond acceptors (Lipinski definition) is 3. The largest absolute Gasteiger partial charge is 0.313 e. The zero-order chi connectivity index (χ0) is 14.7. The standard InChI is InChI=1S/C13H15ClN2O.CH3F.CH4/c1-10(9-17)2-7-13(15)16-8-11-3-5-12(14)6-4-11;1-2;/h2-7,9,13,16H,1,8,15H2;1H3;1H4/b7-2-;;. The SMILES string of the molecule is C.C=C(C=O)/C=C\C(N)NCc1ccc(Cl)cc1.CF. The number of rotatable bonds is 6. The molecule has 0 aliphatic carbocycles. The maximum atomic E-state index is 10.3. The summed E-state index contributed by atoms with van der Waals surface area (Å²) in [5, 5.41) is 3.80. The van der Waals surface area contributed by atoms with Crippen LogP contribution in [0.15, 0.2) is 48.6 Å². The van der Waals surface area contributed by atoms with Crippen LogP contribution in [0.2, 0.25) is 5.02 Å². The minimum absolute atomic E-state index is 0. The molecule has 0 aromatic heterocycles. The van der Waals surface area contributed by atoms with E-state index in [0.717, 1.165) is 5.56 Å². The Morgan fingerprint density at radius 2 is 2.00 bits per heavy atom. The minimum atomic E-state index is -0.317. The van der Waals surface area contributed by atoms with E-state index in [4.69, 9.17) is 17.3 Å². The van der Waals surface area contributed by atoms with Crippen LogP contribution in [0.5, 0.6) is 0 Å². The second-order valence-electron chi connectivity index (χ2n) is 3.59. The molecule has 0 radical (unpaired) electrons. The number of carbonyl (C=O) groups excluding carboxylic acids is 1. The quantitative estimate of drug-likeness (QED) is 0.367. The first-order valence-electron chi connectivity index (χ1n) is 5.55. The minimum Gasteiger partial charge on any atom is -0.313 e. The average Bonchev–Trinajstić information content (AvgIpc) is 2.46. The van der Waals surface area contributed by atoms with Crippen molar-refractivity contribution in [3.63, 3.8) is 0 Å². The van der Waals surface area contributed by atoms with Crippen molar-refractivity contribution >= 4 is 17.9 Å². The molecule has 3 N–H and O–H groups in total. The summed E-state index contributed by atoms with van der Waals surface area (Å²) in [5.74, 6) is 0. The third-order valence-electron chi connectivity index (χ3n) is 2.12. The normalized spacial score (nSPS) is 11.0. The molecule has 0 bridgehead atoms. The predicted octanol–water partition coefficient (Wildman–Crippen LogP) is 3.25. The Bertz CT molecular complexity index is 418. The number of hydrogen-bond donors (Lipinski definition) is 2. The Morgan fingerprint density at radius 3 is 2.50 bits per heavy atom. The van der Waals surface area contributed by atoms with E-state index >= 15 is 0 Å². The van der Waals surface area contributed by atoms with Gasteiger partial charge >= 0.3 is 0 Å². The summed E-state index contributed by atoms with van der Waals surface area (Å²) < 4.78 is 9.50. The second kappa shape index (κ2) is 12.5. The third kappa shape index (κ3) is 9.44. The molecule has 5 heteroatoms. The molecule has 112 valence electrons. The van der Waals surface area contributed by atoms with E-state index in [1.807, 2.05) is 24.3 Å². The lowest BCUT2D eigenvalue weighted by Gasteiger charge is -2.09. The molecule has 1 atom stereocenters. The van der Waals surface area contributed by atoms with E-state index in [1.54, 1.807) is 12.2 Å². The third-order valence-corrected chi connectivity index (χ3v) is 2.38. The number of halogens is 2. The lowest BCUT2D eigenvalue weighted by atomic mass is 10.2. The van der Waals surface area contributed by atoms with Gasteiger partial charge in [0.05, 0.1) is 13.3 Å². The summed E-state index contributed by atoms with van der Waals surface area (Å²) in [7, 11) is 0.500. The predicted molar refractivity (Wildman–Crippen MR) is 84.4 cm³/mol. The van der Waals surface area contributed by atoms with Crippen LogP contribution in [-0.2, 0) is 11.3 Å². The topological polar surface area (TPSA) is 55.1 Å². The van der Waals surface area contributed by atoms with Crippen LogP contribution in [0.3, 0.4) is 0 Å². The molecular formula is C15H22ClFN2O. The van der Waals surface area contributed by atoms with Crippen LogP contribution in [-0.4, -0.2) is 19.6 Å². The Balaban J connectivity index is 0. The average molecular weight is 301 g/mol. The van der Waals surface area contributed by atoms with Gasteiger partial charge in [0.2, 0.25) is 0 Å². The molecule has 0 spiro atoms. The van der Waals surface area contributed by atoms with Crippen molar-refractivity contribution in [3.8, 4) is 0 Å². The van der Waals surface area contributed by atoms with Gasteiger partial charge in [0.1, 0.15) is 6.29 Å². The van der Waals surface area contributed by atoms with Gasteiger partial charge in [-0.2, -0.15) is 0 Å². The molecule has 1 aromatic carbocycles. The lowest BCUT2D eigenvalue weighted by molar-refractivity contribution is -0.104. The molecule has 0 amide bonds. The zero-order valence-electron chi connectivity index (χ0n) is 10.8. The number of allylic oxidation sites excluding steroid dienone is 2. The molecule has 1 unspecified atom stereocenters. The number of carbonyl (C=O) groups is 1. The summed E-state index contributed by atoms with van der Waals surface area (Å²) in [5.41, 5.74) is 7.26. The molecule has 0 saturated carbocycles. The van der Waals surface area contributed by atoms with Crippen LogP contribution in [0.1, 0.15) is 13.0 Å². The Hall–Kier alpha value is -1.49. The fourth-order valence-corrected chi connectivity index (χ4v) is 1.30.